The van der Waals surface area contributed by atoms with Crippen molar-refractivity contribution in [3.05, 3.63) is 41.8 Å². The zero-order valence-corrected chi connectivity index (χ0v) is 12.0. The van der Waals surface area contributed by atoms with Gasteiger partial charge in [-0.2, -0.15) is 0 Å². The van der Waals surface area contributed by atoms with E-state index in [0.717, 1.165) is 19.3 Å². The molecule has 0 spiro atoms. The van der Waals surface area contributed by atoms with Gasteiger partial charge in [0.1, 0.15) is 5.82 Å². The van der Waals surface area contributed by atoms with Crippen LogP contribution in [0.1, 0.15) is 38.7 Å². The highest BCUT2D eigenvalue weighted by Gasteiger charge is 2.28. The number of piperidine rings is 1. The second kappa shape index (κ2) is 6.55. The van der Waals surface area contributed by atoms with Crippen LogP contribution in [0.4, 0.5) is 9.18 Å². The van der Waals surface area contributed by atoms with Crippen LogP contribution in [0.5, 0.6) is 0 Å². The number of carbonyl (C=O) groups is 1. The molecule has 2 unspecified atom stereocenters. The van der Waals surface area contributed by atoms with Crippen molar-refractivity contribution in [2.24, 2.45) is 0 Å². The molecule has 1 aromatic rings. The van der Waals surface area contributed by atoms with E-state index in [-0.39, 0.29) is 23.9 Å². The maximum atomic E-state index is 13.4. The molecule has 0 aliphatic carbocycles. The fraction of sp³-hybridized carbons (Fsp3) is 0.438. The standard InChI is InChI=1S/C16H21FN2O/c1-12-6-5-7-13(2)19(12)16(20)18-11-10-14-8-3-4-9-15(14)17/h3-4,8-13H,5-7H2,1-2H3,(H,18,20)/b11-10+. The number of hydrogen-bond donors (Lipinski definition) is 1. The molecule has 0 aromatic heterocycles. The van der Waals surface area contributed by atoms with Crippen LogP contribution in [-0.4, -0.2) is 23.0 Å². The average Bonchev–Trinajstić information content (AvgIpc) is 2.41. The third-order valence-corrected chi connectivity index (χ3v) is 3.80. The highest BCUT2D eigenvalue weighted by molar-refractivity contribution is 5.77. The number of benzene rings is 1. The quantitative estimate of drug-likeness (QED) is 0.876. The molecule has 1 heterocycles. The fourth-order valence-corrected chi connectivity index (χ4v) is 2.71. The van der Waals surface area contributed by atoms with Crippen LogP contribution in [0.3, 0.4) is 0 Å². The lowest BCUT2D eigenvalue weighted by molar-refractivity contribution is 0.126. The van der Waals surface area contributed by atoms with Gasteiger partial charge in [-0.15, -0.1) is 0 Å². The average molecular weight is 276 g/mol. The van der Waals surface area contributed by atoms with Crippen molar-refractivity contribution in [1.82, 2.24) is 10.2 Å². The third-order valence-electron chi connectivity index (χ3n) is 3.80. The highest BCUT2D eigenvalue weighted by Crippen LogP contribution is 2.22. The van der Waals surface area contributed by atoms with E-state index < -0.39 is 0 Å². The van der Waals surface area contributed by atoms with E-state index in [1.54, 1.807) is 24.3 Å². The smallest absolute Gasteiger partial charge is 0.319 e. The predicted octanol–water partition coefficient (Wildman–Crippen LogP) is 3.77. The Morgan fingerprint density at radius 3 is 2.60 bits per heavy atom. The molecular weight excluding hydrogens is 255 g/mol. The highest BCUT2D eigenvalue weighted by atomic mass is 19.1. The number of carbonyl (C=O) groups excluding carboxylic acids is 1. The topological polar surface area (TPSA) is 32.3 Å². The summed E-state index contributed by atoms with van der Waals surface area (Å²) in [5, 5.41) is 2.73. The maximum absolute atomic E-state index is 13.4. The minimum Gasteiger partial charge on any atom is -0.319 e. The van der Waals surface area contributed by atoms with Gasteiger partial charge in [0.15, 0.2) is 0 Å². The van der Waals surface area contributed by atoms with Crippen LogP contribution in [0.2, 0.25) is 0 Å². The van der Waals surface area contributed by atoms with Crippen molar-refractivity contribution < 1.29 is 9.18 Å². The Kier molecular flexibility index (Phi) is 4.77. The SMILES string of the molecule is CC1CCCC(C)N1C(=O)N/C=C/c1ccccc1F. The van der Waals surface area contributed by atoms with Crippen molar-refractivity contribution in [1.29, 1.82) is 0 Å². The van der Waals surface area contributed by atoms with E-state index in [0.29, 0.717) is 5.56 Å². The summed E-state index contributed by atoms with van der Waals surface area (Å²) in [4.78, 5) is 14.0. The lowest BCUT2D eigenvalue weighted by Crippen LogP contribution is -2.50. The van der Waals surface area contributed by atoms with E-state index in [1.807, 2.05) is 4.90 Å². The molecule has 108 valence electrons. The Labute approximate surface area is 119 Å². The van der Waals surface area contributed by atoms with Crippen LogP contribution in [0.25, 0.3) is 6.08 Å². The first-order valence-corrected chi connectivity index (χ1v) is 7.09. The summed E-state index contributed by atoms with van der Waals surface area (Å²) in [5.74, 6) is -0.294. The molecule has 1 saturated heterocycles. The Morgan fingerprint density at radius 2 is 1.95 bits per heavy atom. The number of likely N-dealkylation sites (tertiary alicyclic amines) is 1. The summed E-state index contributed by atoms with van der Waals surface area (Å²) in [5.41, 5.74) is 0.465. The van der Waals surface area contributed by atoms with Crippen LogP contribution >= 0.6 is 0 Å². The van der Waals surface area contributed by atoms with E-state index in [4.69, 9.17) is 0 Å². The molecule has 1 aromatic carbocycles. The number of urea groups is 1. The monoisotopic (exact) mass is 276 g/mol. The number of rotatable bonds is 2. The number of halogens is 1. The molecule has 1 N–H and O–H groups in total. The van der Waals surface area contributed by atoms with Crippen molar-refractivity contribution in [2.45, 2.75) is 45.2 Å². The second-order valence-electron chi connectivity index (χ2n) is 5.34. The molecule has 20 heavy (non-hydrogen) atoms. The van der Waals surface area contributed by atoms with Gasteiger partial charge < -0.3 is 10.2 Å². The van der Waals surface area contributed by atoms with Gasteiger partial charge in [-0.05, 0) is 45.3 Å². The van der Waals surface area contributed by atoms with Crippen LogP contribution in [-0.2, 0) is 0 Å². The number of nitrogens with zero attached hydrogens (tertiary/aromatic N) is 1. The molecular formula is C16H21FN2O. The van der Waals surface area contributed by atoms with Gasteiger partial charge in [0.2, 0.25) is 0 Å². The Hall–Kier alpha value is -1.84. The second-order valence-corrected chi connectivity index (χ2v) is 5.34. The predicted molar refractivity (Wildman–Crippen MR) is 78.6 cm³/mol. The van der Waals surface area contributed by atoms with Crippen molar-refractivity contribution in [2.75, 3.05) is 0 Å². The van der Waals surface area contributed by atoms with Crippen molar-refractivity contribution in [3.63, 3.8) is 0 Å². The number of hydrogen-bond acceptors (Lipinski definition) is 1. The van der Waals surface area contributed by atoms with E-state index in [9.17, 15) is 9.18 Å². The van der Waals surface area contributed by atoms with E-state index >= 15 is 0 Å². The molecule has 0 radical (unpaired) electrons. The molecule has 2 rings (SSSR count). The molecule has 1 aliphatic rings. The molecule has 0 bridgehead atoms. The number of nitrogens with one attached hydrogen (secondary N) is 1. The fourth-order valence-electron chi connectivity index (χ4n) is 2.71. The minimum atomic E-state index is -0.294. The first kappa shape index (κ1) is 14.6. The maximum Gasteiger partial charge on any atom is 0.321 e. The summed E-state index contributed by atoms with van der Waals surface area (Å²) in [6.07, 6.45) is 6.32. The van der Waals surface area contributed by atoms with Crippen LogP contribution < -0.4 is 5.32 Å². The van der Waals surface area contributed by atoms with Gasteiger partial charge >= 0.3 is 6.03 Å². The molecule has 1 aliphatic heterocycles. The Morgan fingerprint density at radius 1 is 1.30 bits per heavy atom. The zero-order chi connectivity index (χ0) is 14.5. The third kappa shape index (κ3) is 3.38. The van der Waals surface area contributed by atoms with Crippen molar-refractivity contribution >= 4 is 12.1 Å². The van der Waals surface area contributed by atoms with Gasteiger partial charge in [0, 0.05) is 23.8 Å². The van der Waals surface area contributed by atoms with Gasteiger partial charge in [0.25, 0.3) is 0 Å². The molecule has 1 fully saturated rings. The summed E-state index contributed by atoms with van der Waals surface area (Å²) in [6, 6.07) is 6.86. The summed E-state index contributed by atoms with van der Waals surface area (Å²) < 4.78 is 13.4. The van der Waals surface area contributed by atoms with Gasteiger partial charge in [-0.1, -0.05) is 18.2 Å². The van der Waals surface area contributed by atoms with E-state index in [2.05, 4.69) is 19.2 Å². The lowest BCUT2D eigenvalue weighted by Gasteiger charge is -2.38. The van der Waals surface area contributed by atoms with Crippen LogP contribution in [0.15, 0.2) is 30.5 Å². The summed E-state index contributed by atoms with van der Waals surface area (Å²) >= 11 is 0. The van der Waals surface area contributed by atoms with Gasteiger partial charge in [-0.3, -0.25) is 0 Å². The molecule has 3 nitrogen and oxygen atoms in total. The van der Waals surface area contributed by atoms with E-state index in [1.165, 1.54) is 12.3 Å². The normalized spacial score (nSPS) is 23.1. The zero-order valence-electron chi connectivity index (χ0n) is 12.0. The number of amides is 2. The van der Waals surface area contributed by atoms with Crippen molar-refractivity contribution in [3.8, 4) is 0 Å². The largest absolute Gasteiger partial charge is 0.321 e. The first-order chi connectivity index (χ1) is 9.59. The summed E-state index contributed by atoms with van der Waals surface area (Å²) in [7, 11) is 0. The molecule has 2 atom stereocenters. The molecule has 2 amide bonds. The minimum absolute atomic E-state index is 0.114. The molecule has 4 heteroatoms. The van der Waals surface area contributed by atoms with Crippen LogP contribution in [0, 0.1) is 5.82 Å². The Bertz CT molecular complexity index is 491. The van der Waals surface area contributed by atoms with Gasteiger partial charge in [0.05, 0.1) is 0 Å². The molecule has 0 saturated carbocycles. The lowest BCUT2D eigenvalue weighted by atomic mass is 9.98. The Balaban J connectivity index is 1.96. The first-order valence-electron chi connectivity index (χ1n) is 7.09. The van der Waals surface area contributed by atoms with Gasteiger partial charge in [-0.25, -0.2) is 9.18 Å². The summed E-state index contributed by atoms with van der Waals surface area (Å²) in [6.45, 7) is 4.13.